The Labute approximate surface area is 176 Å². The molecule has 30 heavy (non-hydrogen) atoms. The van der Waals surface area contributed by atoms with E-state index in [1.54, 1.807) is 6.07 Å². The van der Waals surface area contributed by atoms with Crippen LogP contribution in [0.5, 0.6) is 11.5 Å². The van der Waals surface area contributed by atoms with Crippen LogP contribution in [0.25, 0.3) is 0 Å². The highest BCUT2D eigenvalue weighted by molar-refractivity contribution is 5.91. The smallest absolute Gasteiger partial charge is 0.312 e. The fourth-order valence-corrected chi connectivity index (χ4v) is 3.06. The van der Waals surface area contributed by atoms with E-state index in [4.69, 9.17) is 10.5 Å². The number of carbonyl (C=O) groups is 2. The molecule has 1 atom stereocenters. The Morgan fingerprint density at radius 3 is 2.33 bits per heavy atom. The number of rotatable bonds is 7. The average Bonchev–Trinajstić information content (AvgIpc) is 2.71. The topological polar surface area (TPSA) is 93.5 Å². The van der Waals surface area contributed by atoms with E-state index in [9.17, 15) is 9.59 Å². The fourth-order valence-electron chi connectivity index (χ4n) is 3.06. The number of ether oxygens (including phenoxy) is 1. The second-order valence-electron chi connectivity index (χ2n) is 7.10. The van der Waals surface area contributed by atoms with Gasteiger partial charge in [-0.15, -0.1) is 0 Å². The molecule has 3 rings (SSSR count). The number of hydrogen-bond acceptors (Lipinski definition) is 3. The molecular weight excluding hydrogens is 378 g/mol. The standard InChI is InChI=1S/C24H25N3O3/c1-16-11-12-19(13-17(16)2)26-23(28)15-22(27-24(25)29)18-7-6-10-21(14-18)30-20-8-4-3-5-9-20/h3-14,22H,15H2,1-2H3,(H,26,28)(H3,25,27,29). The molecule has 0 fully saturated rings. The van der Waals surface area contributed by atoms with Gasteiger partial charge in [0.1, 0.15) is 11.5 Å². The van der Waals surface area contributed by atoms with Crippen molar-refractivity contribution in [1.82, 2.24) is 5.32 Å². The van der Waals surface area contributed by atoms with Gasteiger partial charge >= 0.3 is 6.03 Å². The Bertz CT molecular complexity index is 1030. The molecule has 4 N–H and O–H groups in total. The van der Waals surface area contributed by atoms with Crippen LogP contribution < -0.4 is 21.1 Å². The van der Waals surface area contributed by atoms with Crippen molar-refractivity contribution in [3.8, 4) is 11.5 Å². The summed E-state index contributed by atoms with van der Waals surface area (Å²) in [6.45, 7) is 4.00. The molecule has 0 radical (unpaired) electrons. The van der Waals surface area contributed by atoms with Crippen LogP contribution in [0.4, 0.5) is 10.5 Å². The third-order valence-corrected chi connectivity index (χ3v) is 4.74. The molecular formula is C24H25N3O3. The zero-order valence-electron chi connectivity index (χ0n) is 17.0. The summed E-state index contributed by atoms with van der Waals surface area (Å²) in [5.74, 6) is 1.07. The van der Waals surface area contributed by atoms with Gasteiger partial charge in [0.2, 0.25) is 5.91 Å². The van der Waals surface area contributed by atoms with Crippen molar-refractivity contribution in [3.05, 3.63) is 89.5 Å². The summed E-state index contributed by atoms with van der Waals surface area (Å²) in [7, 11) is 0. The third kappa shape index (κ3) is 5.85. The number of hydrogen-bond donors (Lipinski definition) is 3. The number of nitrogens with two attached hydrogens (primary N) is 1. The average molecular weight is 403 g/mol. The molecule has 0 saturated heterocycles. The minimum Gasteiger partial charge on any atom is -0.457 e. The predicted octanol–water partition coefficient (Wildman–Crippen LogP) is 4.83. The van der Waals surface area contributed by atoms with E-state index >= 15 is 0 Å². The number of aryl methyl sites for hydroxylation is 2. The lowest BCUT2D eigenvalue weighted by Gasteiger charge is -2.19. The number of anilines is 1. The van der Waals surface area contributed by atoms with Crippen LogP contribution in [0.1, 0.15) is 29.2 Å². The summed E-state index contributed by atoms with van der Waals surface area (Å²) < 4.78 is 5.85. The Kier molecular flexibility index (Phi) is 6.70. The van der Waals surface area contributed by atoms with Gasteiger partial charge in [-0.2, -0.15) is 0 Å². The number of benzene rings is 3. The molecule has 1 unspecified atom stereocenters. The molecule has 0 spiro atoms. The molecule has 0 aliphatic carbocycles. The van der Waals surface area contributed by atoms with E-state index in [0.29, 0.717) is 17.2 Å². The summed E-state index contributed by atoms with van der Waals surface area (Å²) in [6.07, 6.45) is 0.0324. The Morgan fingerprint density at radius 2 is 1.63 bits per heavy atom. The minimum absolute atomic E-state index is 0.0324. The van der Waals surface area contributed by atoms with Gasteiger partial charge in [-0.3, -0.25) is 4.79 Å². The number of nitrogens with one attached hydrogen (secondary N) is 2. The summed E-state index contributed by atoms with van der Waals surface area (Å²) in [6, 6.07) is 21.0. The van der Waals surface area contributed by atoms with E-state index in [1.165, 1.54) is 0 Å². The largest absolute Gasteiger partial charge is 0.457 e. The van der Waals surface area contributed by atoms with Crippen molar-refractivity contribution < 1.29 is 14.3 Å². The zero-order valence-corrected chi connectivity index (χ0v) is 17.0. The Morgan fingerprint density at radius 1 is 0.900 bits per heavy atom. The molecule has 6 heteroatoms. The maximum Gasteiger partial charge on any atom is 0.312 e. The van der Waals surface area contributed by atoms with E-state index in [1.807, 2.05) is 80.6 Å². The van der Waals surface area contributed by atoms with E-state index < -0.39 is 12.1 Å². The number of carbonyl (C=O) groups excluding carboxylic acids is 2. The highest BCUT2D eigenvalue weighted by atomic mass is 16.5. The number of primary amides is 1. The van der Waals surface area contributed by atoms with Crippen molar-refractivity contribution in [2.24, 2.45) is 5.73 Å². The van der Waals surface area contributed by atoms with Gasteiger partial charge in [-0.05, 0) is 66.9 Å². The molecule has 0 bridgehead atoms. The molecule has 0 aliphatic heterocycles. The zero-order chi connectivity index (χ0) is 21.5. The molecule has 3 aromatic rings. The van der Waals surface area contributed by atoms with E-state index in [-0.39, 0.29) is 12.3 Å². The van der Waals surface area contributed by atoms with Gasteiger partial charge in [0, 0.05) is 5.69 Å². The van der Waals surface area contributed by atoms with Gasteiger partial charge in [-0.1, -0.05) is 36.4 Å². The summed E-state index contributed by atoms with van der Waals surface area (Å²) in [5.41, 5.74) is 9.01. The maximum atomic E-state index is 12.6. The molecule has 0 aliphatic rings. The summed E-state index contributed by atoms with van der Waals surface area (Å²) >= 11 is 0. The van der Waals surface area contributed by atoms with Crippen molar-refractivity contribution in [2.45, 2.75) is 26.3 Å². The van der Waals surface area contributed by atoms with Crippen LogP contribution in [-0.4, -0.2) is 11.9 Å². The summed E-state index contributed by atoms with van der Waals surface area (Å²) in [4.78, 5) is 24.1. The van der Waals surface area contributed by atoms with Crippen molar-refractivity contribution in [3.63, 3.8) is 0 Å². The van der Waals surface area contributed by atoms with Crippen LogP contribution in [0, 0.1) is 13.8 Å². The second-order valence-corrected chi connectivity index (χ2v) is 7.10. The van der Waals surface area contributed by atoms with E-state index in [0.717, 1.165) is 16.7 Å². The lowest BCUT2D eigenvalue weighted by Crippen LogP contribution is -2.35. The molecule has 3 amide bonds. The SMILES string of the molecule is Cc1ccc(NC(=O)CC(NC(N)=O)c2cccc(Oc3ccccc3)c2)cc1C. The molecule has 6 nitrogen and oxygen atoms in total. The van der Waals surface area contributed by atoms with Crippen LogP contribution in [0.15, 0.2) is 72.8 Å². The van der Waals surface area contributed by atoms with Crippen LogP contribution in [-0.2, 0) is 4.79 Å². The Balaban J connectivity index is 1.75. The predicted molar refractivity (Wildman–Crippen MR) is 118 cm³/mol. The first-order chi connectivity index (χ1) is 14.4. The molecule has 0 heterocycles. The second kappa shape index (κ2) is 9.60. The van der Waals surface area contributed by atoms with Gasteiger partial charge < -0.3 is 21.1 Å². The van der Waals surface area contributed by atoms with Crippen LogP contribution >= 0.6 is 0 Å². The van der Waals surface area contributed by atoms with Crippen molar-refractivity contribution in [1.29, 1.82) is 0 Å². The lowest BCUT2D eigenvalue weighted by atomic mass is 10.0. The van der Waals surface area contributed by atoms with Gasteiger partial charge in [-0.25, -0.2) is 4.79 Å². The van der Waals surface area contributed by atoms with Crippen LogP contribution in [0.3, 0.4) is 0 Å². The summed E-state index contributed by atoms with van der Waals surface area (Å²) in [5, 5.41) is 5.52. The minimum atomic E-state index is -0.701. The highest BCUT2D eigenvalue weighted by Crippen LogP contribution is 2.26. The first-order valence-corrected chi connectivity index (χ1v) is 9.66. The first-order valence-electron chi connectivity index (χ1n) is 9.66. The third-order valence-electron chi connectivity index (χ3n) is 4.74. The van der Waals surface area contributed by atoms with E-state index in [2.05, 4.69) is 10.6 Å². The monoisotopic (exact) mass is 403 g/mol. The van der Waals surface area contributed by atoms with Gasteiger partial charge in [0.15, 0.2) is 0 Å². The fraction of sp³-hybridized carbons (Fsp3) is 0.167. The highest BCUT2D eigenvalue weighted by Gasteiger charge is 2.18. The van der Waals surface area contributed by atoms with Gasteiger partial charge in [0.05, 0.1) is 12.5 Å². The van der Waals surface area contributed by atoms with Crippen LogP contribution in [0.2, 0.25) is 0 Å². The number of amides is 3. The molecule has 0 aromatic heterocycles. The quantitative estimate of drug-likeness (QED) is 0.527. The molecule has 3 aromatic carbocycles. The number of urea groups is 1. The number of para-hydroxylation sites is 1. The van der Waals surface area contributed by atoms with Crippen molar-refractivity contribution >= 4 is 17.6 Å². The van der Waals surface area contributed by atoms with Crippen molar-refractivity contribution in [2.75, 3.05) is 5.32 Å². The molecule has 154 valence electrons. The maximum absolute atomic E-state index is 12.6. The Hall–Kier alpha value is -3.80. The van der Waals surface area contributed by atoms with Gasteiger partial charge in [0.25, 0.3) is 0 Å². The normalized spacial score (nSPS) is 11.4. The first kappa shape index (κ1) is 20.9. The lowest BCUT2D eigenvalue weighted by molar-refractivity contribution is -0.116. The molecule has 0 saturated carbocycles.